The van der Waals surface area contributed by atoms with E-state index < -0.39 is 0 Å². The molecule has 0 unspecified atom stereocenters. The van der Waals surface area contributed by atoms with Gasteiger partial charge >= 0.3 is 0 Å². The van der Waals surface area contributed by atoms with Crippen LogP contribution in [-0.4, -0.2) is 12.1 Å². The molecule has 1 aromatic carbocycles. The van der Waals surface area contributed by atoms with E-state index >= 15 is 0 Å². The number of rotatable bonds is 1. The molecule has 0 aliphatic carbocycles. The first kappa shape index (κ1) is 12.0. The fraction of sp³-hybridized carbons (Fsp3) is 0.312. The quantitative estimate of drug-likeness (QED) is 0.650. The molecule has 2 aromatic heterocycles. The summed E-state index contributed by atoms with van der Waals surface area (Å²) in [5, 5.41) is 1.95. The fourth-order valence-corrected chi connectivity index (χ4v) is 2.23. The normalized spacial score (nSPS) is 12.2. The monoisotopic (exact) mass is 255 g/mol. The fourth-order valence-electron chi connectivity index (χ4n) is 2.23. The number of ether oxygens (including phenoxy) is 1. The number of para-hydroxylation sites is 1. The minimum Gasteiger partial charge on any atom is -0.495 e. The average molecular weight is 255 g/mol. The number of aromatic nitrogens is 1. The first-order valence-electron chi connectivity index (χ1n) is 6.37. The number of furan rings is 1. The predicted octanol–water partition coefficient (Wildman–Crippen LogP) is 4.29. The molecular formula is C16H17NO2. The molecule has 0 aliphatic rings. The Morgan fingerprint density at radius 1 is 1.11 bits per heavy atom. The maximum absolute atomic E-state index is 5.89. The molecule has 3 nitrogen and oxygen atoms in total. The third-order valence-corrected chi connectivity index (χ3v) is 3.27. The first-order chi connectivity index (χ1) is 9.00. The van der Waals surface area contributed by atoms with Crippen LogP contribution in [0.1, 0.15) is 26.5 Å². The Labute approximate surface area is 112 Å². The molecule has 0 fully saturated rings. The van der Waals surface area contributed by atoms with Gasteiger partial charge in [0, 0.05) is 10.8 Å². The minimum absolute atomic E-state index is 0.0438. The van der Waals surface area contributed by atoms with Gasteiger partial charge in [0.05, 0.1) is 18.0 Å². The van der Waals surface area contributed by atoms with Crippen molar-refractivity contribution in [3.8, 4) is 5.75 Å². The van der Waals surface area contributed by atoms with Crippen LogP contribution < -0.4 is 4.74 Å². The van der Waals surface area contributed by atoms with Crippen LogP contribution in [0.4, 0.5) is 0 Å². The molecule has 2 heterocycles. The van der Waals surface area contributed by atoms with Gasteiger partial charge in [0.15, 0.2) is 0 Å². The smallest absolute Gasteiger partial charge is 0.230 e. The lowest BCUT2D eigenvalue weighted by molar-refractivity contribution is 0.422. The van der Waals surface area contributed by atoms with Crippen molar-refractivity contribution in [1.29, 1.82) is 0 Å². The highest BCUT2D eigenvalue weighted by Crippen LogP contribution is 2.37. The van der Waals surface area contributed by atoms with Crippen molar-refractivity contribution >= 4 is 22.0 Å². The Morgan fingerprint density at radius 3 is 2.53 bits per heavy atom. The van der Waals surface area contributed by atoms with Crippen LogP contribution in [0.2, 0.25) is 0 Å². The van der Waals surface area contributed by atoms with Crippen molar-refractivity contribution in [1.82, 2.24) is 4.98 Å². The van der Waals surface area contributed by atoms with E-state index in [9.17, 15) is 0 Å². The second kappa shape index (κ2) is 3.98. The van der Waals surface area contributed by atoms with Crippen molar-refractivity contribution < 1.29 is 9.15 Å². The number of hydrogen-bond donors (Lipinski definition) is 0. The van der Waals surface area contributed by atoms with Crippen LogP contribution in [0.5, 0.6) is 5.75 Å². The Bertz CT molecular complexity index is 750. The predicted molar refractivity (Wildman–Crippen MR) is 76.8 cm³/mol. The van der Waals surface area contributed by atoms with Gasteiger partial charge in [-0.05, 0) is 18.2 Å². The molecule has 19 heavy (non-hydrogen) atoms. The number of pyridine rings is 1. The van der Waals surface area contributed by atoms with Crippen molar-refractivity contribution in [2.24, 2.45) is 0 Å². The summed E-state index contributed by atoms with van der Waals surface area (Å²) in [6.07, 6.45) is 0. The lowest BCUT2D eigenvalue weighted by Crippen LogP contribution is -2.08. The van der Waals surface area contributed by atoms with E-state index in [-0.39, 0.29) is 5.41 Å². The van der Waals surface area contributed by atoms with E-state index in [1.54, 1.807) is 7.11 Å². The van der Waals surface area contributed by atoms with E-state index in [2.05, 4.69) is 25.8 Å². The highest BCUT2D eigenvalue weighted by molar-refractivity contribution is 5.99. The number of fused-ring (bicyclic) bond motifs is 2. The van der Waals surface area contributed by atoms with Crippen molar-refractivity contribution in [3.05, 3.63) is 36.1 Å². The van der Waals surface area contributed by atoms with Crippen LogP contribution in [0.3, 0.4) is 0 Å². The van der Waals surface area contributed by atoms with Gasteiger partial charge < -0.3 is 9.15 Å². The second-order valence-corrected chi connectivity index (χ2v) is 5.74. The Hall–Kier alpha value is -2.03. The third-order valence-electron chi connectivity index (χ3n) is 3.27. The average Bonchev–Trinajstić information content (AvgIpc) is 2.79. The zero-order valence-corrected chi connectivity index (χ0v) is 11.7. The SMILES string of the molecule is COc1c2ccccc2nc2oc(C(C)(C)C)cc12. The van der Waals surface area contributed by atoms with Crippen LogP contribution in [0, 0.1) is 0 Å². The van der Waals surface area contributed by atoms with Gasteiger partial charge in [0.1, 0.15) is 11.5 Å². The lowest BCUT2D eigenvalue weighted by Gasteiger charge is -2.13. The van der Waals surface area contributed by atoms with Crippen LogP contribution >= 0.6 is 0 Å². The summed E-state index contributed by atoms with van der Waals surface area (Å²) in [6.45, 7) is 6.37. The summed E-state index contributed by atoms with van der Waals surface area (Å²) < 4.78 is 11.5. The third kappa shape index (κ3) is 1.86. The van der Waals surface area contributed by atoms with Gasteiger partial charge in [-0.1, -0.05) is 32.9 Å². The van der Waals surface area contributed by atoms with E-state index in [0.29, 0.717) is 5.71 Å². The lowest BCUT2D eigenvalue weighted by atomic mass is 9.93. The Balaban J connectivity index is 2.41. The molecule has 0 N–H and O–H groups in total. The molecule has 0 spiro atoms. The summed E-state index contributed by atoms with van der Waals surface area (Å²) in [5.74, 6) is 1.75. The van der Waals surface area contributed by atoms with Gasteiger partial charge in [-0.2, -0.15) is 0 Å². The van der Waals surface area contributed by atoms with Gasteiger partial charge in [-0.15, -0.1) is 0 Å². The largest absolute Gasteiger partial charge is 0.495 e. The summed E-state index contributed by atoms with van der Waals surface area (Å²) in [6, 6.07) is 9.98. The zero-order valence-electron chi connectivity index (χ0n) is 11.7. The van der Waals surface area contributed by atoms with E-state index in [1.807, 2.05) is 30.3 Å². The number of hydrogen-bond acceptors (Lipinski definition) is 3. The van der Waals surface area contributed by atoms with Gasteiger partial charge in [-0.3, -0.25) is 0 Å². The molecule has 0 bridgehead atoms. The summed E-state index contributed by atoms with van der Waals surface area (Å²) >= 11 is 0. The van der Waals surface area contributed by atoms with Crippen molar-refractivity contribution in [2.45, 2.75) is 26.2 Å². The van der Waals surface area contributed by atoms with E-state index in [4.69, 9.17) is 9.15 Å². The van der Waals surface area contributed by atoms with Crippen LogP contribution in [-0.2, 0) is 5.41 Å². The maximum Gasteiger partial charge on any atom is 0.230 e. The Morgan fingerprint density at radius 2 is 1.84 bits per heavy atom. The second-order valence-electron chi connectivity index (χ2n) is 5.74. The molecule has 0 saturated heterocycles. The molecule has 3 aromatic rings. The molecule has 0 aliphatic heterocycles. The van der Waals surface area contributed by atoms with Crippen molar-refractivity contribution in [2.75, 3.05) is 7.11 Å². The van der Waals surface area contributed by atoms with Crippen LogP contribution in [0.25, 0.3) is 22.0 Å². The molecule has 0 atom stereocenters. The van der Waals surface area contributed by atoms with Crippen molar-refractivity contribution in [3.63, 3.8) is 0 Å². The standard InChI is InChI=1S/C16H17NO2/c1-16(2,3)13-9-11-14(18-4)10-7-5-6-8-12(10)17-15(11)19-13/h5-9H,1-4H3. The molecule has 3 rings (SSSR count). The molecule has 3 heteroatoms. The number of benzene rings is 1. The Kier molecular flexibility index (Phi) is 2.52. The highest BCUT2D eigenvalue weighted by atomic mass is 16.5. The van der Waals surface area contributed by atoms with Gasteiger partial charge in [0.25, 0.3) is 0 Å². The molecular weight excluding hydrogens is 238 g/mol. The van der Waals surface area contributed by atoms with Crippen LogP contribution in [0.15, 0.2) is 34.7 Å². The summed E-state index contributed by atoms with van der Waals surface area (Å²) in [5.41, 5.74) is 1.49. The number of nitrogens with zero attached hydrogens (tertiary/aromatic N) is 1. The maximum atomic E-state index is 5.89. The zero-order chi connectivity index (χ0) is 13.6. The highest BCUT2D eigenvalue weighted by Gasteiger charge is 2.22. The number of methoxy groups -OCH3 is 1. The van der Waals surface area contributed by atoms with E-state index in [0.717, 1.165) is 27.8 Å². The first-order valence-corrected chi connectivity index (χ1v) is 6.37. The van der Waals surface area contributed by atoms with E-state index in [1.165, 1.54) is 0 Å². The molecule has 0 amide bonds. The molecule has 0 radical (unpaired) electrons. The topological polar surface area (TPSA) is 35.3 Å². The summed E-state index contributed by atoms with van der Waals surface area (Å²) in [4.78, 5) is 4.57. The summed E-state index contributed by atoms with van der Waals surface area (Å²) in [7, 11) is 1.69. The van der Waals surface area contributed by atoms with Gasteiger partial charge in [-0.25, -0.2) is 4.98 Å². The molecule has 0 saturated carbocycles. The molecule has 98 valence electrons. The van der Waals surface area contributed by atoms with Gasteiger partial charge in [0.2, 0.25) is 5.71 Å². The minimum atomic E-state index is -0.0438.